The van der Waals surface area contributed by atoms with Gasteiger partial charge < -0.3 is 10.1 Å². The molecule has 0 atom stereocenters. The Morgan fingerprint density at radius 2 is 2.03 bits per heavy atom. The van der Waals surface area contributed by atoms with Gasteiger partial charge in [0, 0.05) is 10.9 Å². The number of benzene rings is 3. The van der Waals surface area contributed by atoms with E-state index in [9.17, 15) is 14.0 Å². The highest BCUT2D eigenvalue weighted by molar-refractivity contribution is 9.10. The smallest absolute Gasteiger partial charge is 0.282 e. The molecule has 4 rings (SSSR count). The number of aryl methyl sites for hydroxylation is 1. The van der Waals surface area contributed by atoms with Gasteiger partial charge in [-0.1, -0.05) is 46.6 Å². The molecule has 1 aromatic heterocycles. The van der Waals surface area contributed by atoms with E-state index in [0.717, 1.165) is 10.9 Å². The van der Waals surface area contributed by atoms with Gasteiger partial charge in [0.25, 0.3) is 11.5 Å². The third-order valence-electron chi connectivity index (χ3n) is 5.13. The van der Waals surface area contributed by atoms with Crippen LogP contribution in [0.5, 0.6) is 5.75 Å². The normalized spacial score (nSPS) is 11.2. The van der Waals surface area contributed by atoms with E-state index in [-0.39, 0.29) is 28.6 Å². The van der Waals surface area contributed by atoms with E-state index in [1.54, 1.807) is 36.4 Å². The lowest BCUT2D eigenvalue weighted by molar-refractivity contribution is -0.118. The number of hydrogen-bond donors (Lipinski definition) is 1. The summed E-state index contributed by atoms with van der Waals surface area (Å²) in [5.41, 5.74) is 1.03. The van der Waals surface area contributed by atoms with Crippen molar-refractivity contribution in [2.24, 2.45) is 5.10 Å². The molecule has 0 unspecified atom stereocenters. The number of halogens is 3. The van der Waals surface area contributed by atoms with Gasteiger partial charge in [0.2, 0.25) is 0 Å². The third-order valence-corrected chi connectivity index (χ3v) is 5.92. The predicted molar refractivity (Wildman–Crippen MR) is 143 cm³/mol. The highest BCUT2D eigenvalue weighted by Gasteiger charge is 2.12. The van der Waals surface area contributed by atoms with Gasteiger partial charge in [-0.3, -0.25) is 9.59 Å². The minimum atomic E-state index is -0.539. The number of para-hydroxylation sites is 1. The van der Waals surface area contributed by atoms with Crippen molar-refractivity contribution in [1.29, 1.82) is 0 Å². The molecular formula is C26H21BrClFN4O3. The highest BCUT2D eigenvalue weighted by atomic mass is 79.9. The summed E-state index contributed by atoms with van der Waals surface area (Å²) in [6.07, 6.45) is 2.89. The summed E-state index contributed by atoms with van der Waals surface area (Å²) in [4.78, 5) is 29.8. The van der Waals surface area contributed by atoms with Crippen LogP contribution in [0.15, 0.2) is 75.0 Å². The average Bonchev–Trinajstić information content (AvgIpc) is 2.85. The Morgan fingerprint density at radius 3 is 2.78 bits per heavy atom. The molecule has 0 aliphatic heterocycles. The Kier molecular flexibility index (Phi) is 8.12. The van der Waals surface area contributed by atoms with Crippen molar-refractivity contribution in [2.45, 2.75) is 19.8 Å². The topological polar surface area (TPSA) is 85.6 Å². The van der Waals surface area contributed by atoms with Crippen molar-refractivity contribution in [3.05, 3.63) is 97.7 Å². The molecule has 1 heterocycles. The van der Waals surface area contributed by atoms with Crippen LogP contribution in [-0.4, -0.2) is 28.4 Å². The molecular weight excluding hydrogens is 551 g/mol. The van der Waals surface area contributed by atoms with Crippen LogP contribution in [0, 0.1) is 5.82 Å². The first kappa shape index (κ1) is 25.5. The highest BCUT2D eigenvalue weighted by Crippen LogP contribution is 2.25. The van der Waals surface area contributed by atoms with Crippen molar-refractivity contribution >= 4 is 56.2 Å². The van der Waals surface area contributed by atoms with Gasteiger partial charge in [-0.05, 0) is 60.5 Å². The zero-order chi connectivity index (χ0) is 25.7. The summed E-state index contributed by atoms with van der Waals surface area (Å²) in [7, 11) is 0. The molecule has 0 bridgehead atoms. The van der Waals surface area contributed by atoms with E-state index in [1.807, 2.05) is 13.0 Å². The molecule has 0 saturated heterocycles. The molecule has 0 spiro atoms. The fourth-order valence-corrected chi connectivity index (χ4v) is 4.03. The predicted octanol–water partition coefficient (Wildman–Crippen LogP) is 5.80. The maximum absolute atomic E-state index is 13.7. The lowest BCUT2D eigenvalue weighted by Crippen LogP contribution is -2.22. The Hall–Kier alpha value is -3.56. The molecule has 1 N–H and O–H groups in total. The maximum atomic E-state index is 13.7. The van der Waals surface area contributed by atoms with E-state index in [1.165, 1.54) is 29.1 Å². The second-order valence-electron chi connectivity index (χ2n) is 7.81. The molecule has 36 heavy (non-hydrogen) atoms. The number of aromatic nitrogens is 2. The van der Waals surface area contributed by atoms with E-state index >= 15 is 0 Å². The molecule has 3 aromatic carbocycles. The van der Waals surface area contributed by atoms with Gasteiger partial charge in [0.1, 0.15) is 17.4 Å². The Bertz CT molecular complexity index is 1520. The first-order chi connectivity index (χ1) is 17.4. The van der Waals surface area contributed by atoms with Gasteiger partial charge in [-0.15, -0.1) is 0 Å². The van der Waals surface area contributed by atoms with Crippen molar-refractivity contribution in [3.63, 3.8) is 0 Å². The second kappa shape index (κ2) is 11.5. The average molecular weight is 572 g/mol. The van der Waals surface area contributed by atoms with Crippen LogP contribution in [0.25, 0.3) is 10.9 Å². The molecule has 0 aliphatic carbocycles. The monoisotopic (exact) mass is 570 g/mol. The maximum Gasteiger partial charge on any atom is 0.282 e. The summed E-state index contributed by atoms with van der Waals surface area (Å²) in [6, 6.07) is 16.1. The largest absolute Gasteiger partial charge is 0.482 e. The zero-order valence-corrected chi connectivity index (χ0v) is 21.5. The summed E-state index contributed by atoms with van der Waals surface area (Å²) < 4.78 is 21.2. The van der Waals surface area contributed by atoms with Crippen LogP contribution in [0.2, 0.25) is 5.02 Å². The quantitative estimate of drug-likeness (QED) is 0.271. The molecule has 0 saturated carbocycles. The number of amides is 1. The van der Waals surface area contributed by atoms with Gasteiger partial charge in [-0.2, -0.15) is 9.78 Å². The lowest BCUT2D eigenvalue weighted by Gasteiger charge is -2.10. The first-order valence-electron chi connectivity index (χ1n) is 11.1. The molecule has 1 amide bonds. The molecule has 184 valence electrons. The van der Waals surface area contributed by atoms with Crippen molar-refractivity contribution < 1.29 is 13.9 Å². The van der Waals surface area contributed by atoms with Crippen LogP contribution in [0.3, 0.4) is 0 Å². The van der Waals surface area contributed by atoms with E-state index in [0.29, 0.717) is 28.7 Å². The SMILES string of the molecule is CCCc1nc2ccc(Br)cc2c(=O)n1N=Cc1ccc(OCC(=O)Nc2ccccc2F)c(Cl)c1. The minimum absolute atomic E-state index is 0.0666. The Labute approximate surface area is 219 Å². The number of ether oxygens (including phenoxy) is 1. The molecule has 4 aromatic rings. The first-order valence-corrected chi connectivity index (χ1v) is 12.2. The van der Waals surface area contributed by atoms with Gasteiger partial charge in [0.05, 0.1) is 27.8 Å². The summed E-state index contributed by atoms with van der Waals surface area (Å²) in [5, 5.41) is 7.52. The van der Waals surface area contributed by atoms with Crippen LogP contribution < -0.4 is 15.6 Å². The number of hydrogen-bond acceptors (Lipinski definition) is 5. The van der Waals surface area contributed by atoms with Gasteiger partial charge in [-0.25, -0.2) is 9.37 Å². The molecule has 10 heteroatoms. The number of carbonyl (C=O) groups excluding carboxylic acids is 1. The number of anilines is 1. The number of carbonyl (C=O) groups is 1. The summed E-state index contributed by atoms with van der Waals surface area (Å²) in [6.45, 7) is 1.65. The van der Waals surface area contributed by atoms with Crippen LogP contribution in [0.1, 0.15) is 24.7 Å². The van der Waals surface area contributed by atoms with Crippen molar-refractivity contribution in [1.82, 2.24) is 9.66 Å². The fourth-order valence-electron chi connectivity index (χ4n) is 3.43. The van der Waals surface area contributed by atoms with E-state index in [4.69, 9.17) is 16.3 Å². The van der Waals surface area contributed by atoms with Crippen LogP contribution in [0.4, 0.5) is 10.1 Å². The molecule has 0 aliphatic rings. The number of nitrogens with zero attached hydrogens (tertiary/aromatic N) is 3. The van der Waals surface area contributed by atoms with Crippen molar-refractivity contribution in [3.8, 4) is 5.75 Å². The van der Waals surface area contributed by atoms with E-state index < -0.39 is 11.7 Å². The Balaban J connectivity index is 1.50. The van der Waals surface area contributed by atoms with Gasteiger partial charge in [0.15, 0.2) is 6.61 Å². The molecule has 0 fully saturated rings. The number of nitrogens with one attached hydrogen (secondary N) is 1. The zero-order valence-electron chi connectivity index (χ0n) is 19.2. The molecule has 0 radical (unpaired) electrons. The number of rotatable bonds is 8. The molecule has 7 nitrogen and oxygen atoms in total. The lowest BCUT2D eigenvalue weighted by atomic mass is 10.2. The van der Waals surface area contributed by atoms with E-state index in [2.05, 4.69) is 31.3 Å². The number of fused-ring (bicyclic) bond motifs is 1. The standard InChI is InChI=1S/C26H21BrClFN4O3/c1-2-5-24-31-21-10-9-17(27)13-18(21)26(35)33(24)30-14-16-8-11-23(19(28)12-16)36-15-25(34)32-22-7-4-3-6-20(22)29/h3-4,6-14H,2,5,15H2,1H3,(H,32,34). The fraction of sp³-hybridized carbons (Fsp3) is 0.154. The Morgan fingerprint density at radius 1 is 1.22 bits per heavy atom. The summed E-state index contributed by atoms with van der Waals surface area (Å²) >= 11 is 9.71. The second-order valence-corrected chi connectivity index (χ2v) is 9.13. The minimum Gasteiger partial charge on any atom is -0.482 e. The third kappa shape index (κ3) is 5.98. The van der Waals surface area contributed by atoms with Crippen LogP contribution in [-0.2, 0) is 11.2 Å². The van der Waals surface area contributed by atoms with Crippen molar-refractivity contribution in [2.75, 3.05) is 11.9 Å². The van der Waals surface area contributed by atoms with Crippen LogP contribution >= 0.6 is 27.5 Å². The summed E-state index contributed by atoms with van der Waals surface area (Å²) in [5.74, 6) is -0.234. The van der Waals surface area contributed by atoms with Gasteiger partial charge >= 0.3 is 0 Å².